The van der Waals surface area contributed by atoms with Crippen LogP contribution in [0, 0.1) is 5.92 Å². The zero-order valence-electron chi connectivity index (χ0n) is 3.91. The molecule has 34 valence electrons. The van der Waals surface area contributed by atoms with Crippen LogP contribution in [0.25, 0.3) is 0 Å². The van der Waals surface area contributed by atoms with Gasteiger partial charge in [0.05, 0.1) is 0 Å². The molecule has 0 aromatic rings. The minimum Gasteiger partial charge on any atom is -0.254 e. The lowest BCUT2D eigenvalue weighted by Crippen LogP contribution is -2.66. The van der Waals surface area contributed by atoms with E-state index in [1.807, 2.05) is 0 Å². The van der Waals surface area contributed by atoms with E-state index < -0.39 is 0 Å². The van der Waals surface area contributed by atoms with Gasteiger partial charge in [-0.05, 0) is 12.8 Å². The zero-order chi connectivity index (χ0) is 4.41. The fourth-order valence-electron chi connectivity index (χ4n) is 0.526. The summed E-state index contributed by atoms with van der Waals surface area (Å²) in [5.74, 6) is 0.975. The van der Waals surface area contributed by atoms with Crippen molar-refractivity contribution in [2.45, 2.75) is 12.8 Å². The standard InChI is InChI=1S/C5H9N/c1-6-4-5-2-3-5/h5H,1-4H2/p+1. The summed E-state index contributed by atoms with van der Waals surface area (Å²) >= 11 is 0. The molecule has 0 spiro atoms. The fraction of sp³-hybridized carbons (Fsp3) is 0.800. The van der Waals surface area contributed by atoms with Gasteiger partial charge in [-0.3, -0.25) is 4.99 Å². The Morgan fingerprint density at radius 2 is 2.33 bits per heavy atom. The molecule has 1 aliphatic rings. The summed E-state index contributed by atoms with van der Waals surface area (Å²) in [6.45, 7) is 4.64. The molecule has 1 heteroatoms. The Hall–Kier alpha value is -0.330. The molecule has 0 aromatic carbocycles. The Morgan fingerprint density at radius 1 is 1.67 bits per heavy atom. The minimum absolute atomic E-state index is 0.975. The predicted molar refractivity (Wildman–Crippen MR) is 25.7 cm³/mol. The summed E-state index contributed by atoms with van der Waals surface area (Å²) in [6, 6.07) is 0. The number of rotatable bonds is 2. The molecule has 0 aromatic heterocycles. The van der Waals surface area contributed by atoms with Crippen LogP contribution in [-0.2, 0) is 0 Å². The summed E-state index contributed by atoms with van der Waals surface area (Å²) in [5, 5.41) is 0. The highest BCUT2D eigenvalue weighted by Crippen LogP contribution is 2.26. The van der Waals surface area contributed by atoms with Crippen LogP contribution < -0.4 is 4.99 Å². The van der Waals surface area contributed by atoms with Crippen LogP contribution in [0.4, 0.5) is 0 Å². The van der Waals surface area contributed by atoms with Crippen LogP contribution in [-0.4, -0.2) is 13.3 Å². The third-order valence-electron chi connectivity index (χ3n) is 1.13. The maximum Gasteiger partial charge on any atom is 0.143 e. The highest BCUT2D eigenvalue weighted by molar-refractivity contribution is 5.12. The van der Waals surface area contributed by atoms with Gasteiger partial charge in [0.25, 0.3) is 0 Å². The zero-order valence-corrected chi connectivity index (χ0v) is 3.91. The second-order valence-electron chi connectivity index (χ2n) is 1.90. The molecule has 0 unspecified atom stereocenters. The Kier molecular flexibility index (Phi) is 0.906. The molecule has 1 fully saturated rings. The molecule has 0 heterocycles. The van der Waals surface area contributed by atoms with Gasteiger partial charge >= 0.3 is 0 Å². The Balaban J connectivity index is 2.00. The van der Waals surface area contributed by atoms with E-state index in [9.17, 15) is 0 Å². The molecule has 6 heavy (non-hydrogen) atoms. The van der Waals surface area contributed by atoms with Gasteiger partial charge in [0, 0.05) is 5.92 Å². The lowest BCUT2D eigenvalue weighted by Gasteiger charge is -1.71. The van der Waals surface area contributed by atoms with Crippen LogP contribution in [0.15, 0.2) is 0 Å². The van der Waals surface area contributed by atoms with Gasteiger partial charge in [0.1, 0.15) is 13.3 Å². The second kappa shape index (κ2) is 1.41. The molecule has 1 N–H and O–H groups in total. The van der Waals surface area contributed by atoms with E-state index in [1.54, 1.807) is 0 Å². The van der Waals surface area contributed by atoms with E-state index >= 15 is 0 Å². The lowest BCUT2D eigenvalue weighted by atomic mass is 10.4. The van der Waals surface area contributed by atoms with Gasteiger partial charge in [0.2, 0.25) is 0 Å². The van der Waals surface area contributed by atoms with E-state index in [0.29, 0.717) is 0 Å². The van der Waals surface area contributed by atoms with Crippen molar-refractivity contribution in [1.29, 1.82) is 0 Å². The van der Waals surface area contributed by atoms with Crippen LogP contribution in [0.1, 0.15) is 12.8 Å². The van der Waals surface area contributed by atoms with Gasteiger partial charge in [-0.2, -0.15) is 0 Å². The Labute approximate surface area is 38.1 Å². The van der Waals surface area contributed by atoms with E-state index in [0.717, 1.165) is 12.5 Å². The van der Waals surface area contributed by atoms with Crippen LogP contribution in [0.5, 0.6) is 0 Å². The number of hydrogen-bond donors (Lipinski definition) is 1. The first-order valence-corrected chi connectivity index (χ1v) is 2.43. The third-order valence-corrected chi connectivity index (χ3v) is 1.13. The van der Waals surface area contributed by atoms with Crippen molar-refractivity contribution in [3.05, 3.63) is 0 Å². The molecular formula is C5H10N+. The molecule has 0 atom stereocenters. The normalized spacial score (nSPS) is 20.7. The van der Waals surface area contributed by atoms with E-state index in [2.05, 4.69) is 11.7 Å². The molecule has 0 aliphatic heterocycles. The molecule has 1 rings (SSSR count). The smallest absolute Gasteiger partial charge is 0.143 e. The average Bonchev–Trinajstić information content (AvgIpc) is 2.21. The molecule has 0 amide bonds. The largest absolute Gasteiger partial charge is 0.254 e. The lowest BCUT2D eigenvalue weighted by molar-refractivity contribution is -0.451. The summed E-state index contributed by atoms with van der Waals surface area (Å²) < 4.78 is 0. The van der Waals surface area contributed by atoms with Crippen molar-refractivity contribution in [1.82, 2.24) is 0 Å². The predicted octanol–water partition coefficient (Wildman–Crippen LogP) is -0.822. The molecule has 1 aliphatic carbocycles. The number of nitrogens with one attached hydrogen (secondary N) is 1. The first kappa shape index (κ1) is 3.85. The highest BCUT2D eigenvalue weighted by Gasteiger charge is 2.22. The quantitative estimate of drug-likeness (QED) is 0.420. The van der Waals surface area contributed by atoms with Crippen LogP contribution in [0.2, 0.25) is 0 Å². The highest BCUT2D eigenvalue weighted by atomic mass is 14.7. The molecular weight excluding hydrogens is 74.1 g/mol. The van der Waals surface area contributed by atoms with Crippen molar-refractivity contribution in [2.75, 3.05) is 6.54 Å². The summed E-state index contributed by atoms with van der Waals surface area (Å²) in [7, 11) is 0. The molecule has 1 nitrogen and oxygen atoms in total. The second-order valence-corrected chi connectivity index (χ2v) is 1.90. The minimum atomic E-state index is 0.975. The Bertz CT molecular complexity index is 55.0. The molecule has 0 saturated heterocycles. The summed E-state index contributed by atoms with van der Waals surface area (Å²) in [4.78, 5) is 2.88. The fourth-order valence-corrected chi connectivity index (χ4v) is 0.526. The molecule has 0 bridgehead atoms. The topological polar surface area (TPSA) is 14.0 Å². The van der Waals surface area contributed by atoms with Crippen molar-refractivity contribution < 1.29 is 4.99 Å². The van der Waals surface area contributed by atoms with Crippen molar-refractivity contribution in [3.63, 3.8) is 0 Å². The third kappa shape index (κ3) is 0.814. The Morgan fingerprint density at radius 3 is 2.50 bits per heavy atom. The van der Waals surface area contributed by atoms with Crippen molar-refractivity contribution in [2.24, 2.45) is 5.92 Å². The molecule has 1 saturated carbocycles. The van der Waals surface area contributed by atoms with Crippen LogP contribution >= 0.6 is 0 Å². The van der Waals surface area contributed by atoms with Gasteiger partial charge in [0.15, 0.2) is 0 Å². The summed E-state index contributed by atoms with van der Waals surface area (Å²) in [6.07, 6.45) is 2.84. The summed E-state index contributed by atoms with van der Waals surface area (Å²) in [5.41, 5.74) is 0. The van der Waals surface area contributed by atoms with Crippen LogP contribution in [0.3, 0.4) is 0 Å². The monoisotopic (exact) mass is 84.1 g/mol. The maximum atomic E-state index is 3.52. The molecule has 0 radical (unpaired) electrons. The van der Waals surface area contributed by atoms with Crippen molar-refractivity contribution >= 4 is 6.72 Å². The first-order chi connectivity index (χ1) is 2.93. The van der Waals surface area contributed by atoms with Gasteiger partial charge in [-0.15, -0.1) is 0 Å². The van der Waals surface area contributed by atoms with Gasteiger partial charge in [-0.1, -0.05) is 0 Å². The van der Waals surface area contributed by atoms with Gasteiger partial charge < -0.3 is 0 Å². The van der Waals surface area contributed by atoms with E-state index in [-0.39, 0.29) is 0 Å². The SMILES string of the molecule is C=[NH+]CC1CC1. The average molecular weight is 84.1 g/mol. The van der Waals surface area contributed by atoms with Crippen molar-refractivity contribution in [3.8, 4) is 0 Å². The first-order valence-electron chi connectivity index (χ1n) is 2.43. The van der Waals surface area contributed by atoms with Gasteiger partial charge in [-0.25, -0.2) is 0 Å². The maximum absolute atomic E-state index is 3.52. The van der Waals surface area contributed by atoms with E-state index in [4.69, 9.17) is 0 Å². The van der Waals surface area contributed by atoms with E-state index in [1.165, 1.54) is 12.8 Å². The number of hydrogen-bond acceptors (Lipinski definition) is 0.